The monoisotopic (exact) mass is 526 g/mol. The zero-order valence-corrected chi connectivity index (χ0v) is 17.5. The van der Waals surface area contributed by atoms with Crippen molar-refractivity contribution in [2.24, 2.45) is 0 Å². The number of nitrogens with zero attached hydrogens (tertiary/aromatic N) is 2. The van der Waals surface area contributed by atoms with Crippen LogP contribution in [0.25, 0.3) is 43.8 Å². The minimum absolute atomic E-state index is 0. The molecular formula is C24H17IrN2-. The second-order valence-corrected chi connectivity index (χ2v) is 6.83. The standard InChI is InChI=1S/C24H17N2.Ir/c1-15-8-10-18-20(12-15)21-13-16(2)9-11-19(21)24-23(18)25-14-22(26-24)17-6-4-3-5-7-17;/h3-9,11-14H,1-2H3;/q-1;. The third-order valence-corrected chi connectivity index (χ3v) is 4.88. The summed E-state index contributed by atoms with van der Waals surface area (Å²) in [7, 11) is 0. The van der Waals surface area contributed by atoms with E-state index in [0.29, 0.717) is 0 Å². The van der Waals surface area contributed by atoms with Crippen LogP contribution < -0.4 is 0 Å². The van der Waals surface area contributed by atoms with E-state index in [1.54, 1.807) is 0 Å². The Balaban J connectivity index is 0.00000180. The van der Waals surface area contributed by atoms with Gasteiger partial charge in [0, 0.05) is 37.4 Å². The quantitative estimate of drug-likeness (QED) is 0.198. The molecular weight excluding hydrogens is 508 g/mol. The normalized spacial score (nSPS) is 11.0. The molecule has 0 aliphatic rings. The van der Waals surface area contributed by atoms with Gasteiger partial charge in [0.1, 0.15) is 0 Å². The fourth-order valence-electron chi connectivity index (χ4n) is 3.61. The first kappa shape index (κ1) is 17.8. The van der Waals surface area contributed by atoms with Gasteiger partial charge >= 0.3 is 0 Å². The van der Waals surface area contributed by atoms with E-state index in [0.717, 1.165) is 33.1 Å². The third kappa shape index (κ3) is 2.93. The van der Waals surface area contributed by atoms with Crippen LogP contribution in [0, 0.1) is 19.9 Å². The first-order valence-corrected chi connectivity index (χ1v) is 8.77. The Hall–Kier alpha value is -2.61. The summed E-state index contributed by atoms with van der Waals surface area (Å²) in [4.78, 5) is 9.79. The summed E-state index contributed by atoms with van der Waals surface area (Å²) in [6.07, 6.45) is 1.87. The van der Waals surface area contributed by atoms with Crippen LogP contribution in [0.3, 0.4) is 0 Å². The van der Waals surface area contributed by atoms with E-state index in [2.05, 4.69) is 56.3 Å². The molecule has 0 N–H and O–H groups in total. The maximum absolute atomic E-state index is 4.99. The fraction of sp³-hybridized carbons (Fsp3) is 0.0833. The smallest absolute Gasteiger partial charge is 0.0873 e. The molecule has 0 aliphatic heterocycles. The number of hydrogen-bond donors (Lipinski definition) is 0. The molecule has 0 amide bonds. The second kappa shape index (κ2) is 6.84. The van der Waals surface area contributed by atoms with E-state index in [9.17, 15) is 0 Å². The molecule has 4 aromatic carbocycles. The molecule has 5 aromatic rings. The maximum atomic E-state index is 4.99. The van der Waals surface area contributed by atoms with Crippen molar-refractivity contribution < 1.29 is 20.1 Å². The summed E-state index contributed by atoms with van der Waals surface area (Å²) in [5.74, 6) is 0. The Morgan fingerprint density at radius 3 is 2.37 bits per heavy atom. The van der Waals surface area contributed by atoms with Gasteiger partial charge in [-0.2, -0.15) is 0 Å². The summed E-state index contributed by atoms with van der Waals surface area (Å²) in [6.45, 7) is 4.23. The molecule has 0 atom stereocenters. The van der Waals surface area contributed by atoms with Crippen molar-refractivity contribution in [3.05, 3.63) is 84.1 Å². The van der Waals surface area contributed by atoms with Crippen molar-refractivity contribution in [2.45, 2.75) is 13.8 Å². The van der Waals surface area contributed by atoms with Crippen molar-refractivity contribution in [3.8, 4) is 11.3 Å². The number of fused-ring (bicyclic) bond motifs is 6. The van der Waals surface area contributed by atoms with Gasteiger partial charge in [-0.15, -0.1) is 29.1 Å². The molecule has 1 radical (unpaired) electrons. The topological polar surface area (TPSA) is 25.8 Å². The zero-order chi connectivity index (χ0) is 17.7. The summed E-state index contributed by atoms with van der Waals surface area (Å²) >= 11 is 0. The van der Waals surface area contributed by atoms with Crippen molar-refractivity contribution in [2.75, 3.05) is 0 Å². The average molecular weight is 526 g/mol. The van der Waals surface area contributed by atoms with E-state index in [1.807, 2.05) is 30.5 Å². The maximum Gasteiger partial charge on any atom is 0.0873 e. The SMILES string of the molecule is Cc1c[c-]c2c(c1)c1cc(C)ccc1c1nc(-c3ccccc3)cnc21.[Ir]. The van der Waals surface area contributed by atoms with E-state index >= 15 is 0 Å². The largest absolute Gasteiger partial charge is 0.300 e. The average Bonchev–Trinajstić information content (AvgIpc) is 2.68. The van der Waals surface area contributed by atoms with Gasteiger partial charge in [-0.1, -0.05) is 71.8 Å². The van der Waals surface area contributed by atoms with Crippen LogP contribution in [0.2, 0.25) is 0 Å². The number of aromatic nitrogens is 2. The number of rotatable bonds is 1. The van der Waals surface area contributed by atoms with E-state index in [1.165, 1.54) is 21.9 Å². The molecule has 0 aliphatic carbocycles. The van der Waals surface area contributed by atoms with Crippen molar-refractivity contribution in [1.29, 1.82) is 0 Å². The summed E-state index contributed by atoms with van der Waals surface area (Å²) in [5, 5.41) is 4.59. The summed E-state index contributed by atoms with van der Waals surface area (Å²) in [5.41, 5.74) is 6.27. The molecule has 27 heavy (non-hydrogen) atoms. The van der Waals surface area contributed by atoms with Crippen LogP contribution in [-0.2, 0) is 20.1 Å². The van der Waals surface area contributed by atoms with E-state index in [4.69, 9.17) is 9.97 Å². The van der Waals surface area contributed by atoms with Crippen LogP contribution in [0.5, 0.6) is 0 Å². The molecule has 5 rings (SSSR count). The van der Waals surface area contributed by atoms with Crippen LogP contribution in [0.1, 0.15) is 11.1 Å². The van der Waals surface area contributed by atoms with E-state index < -0.39 is 0 Å². The first-order chi connectivity index (χ1) is 12.7. The molecule has 3 heteroatoms. The summed E-state index contributed by atoms with van der Waals surface area (Å²) < 4.78 is 0. The predicted octanol–water partition coefficient (Wildman–Crippen LogP) is 6.02. The van der Waals surface area contributed by atoms with Crippen LogP contribution in [0.4, 0.5) is 0 Å². The molecule has 133 valence electrons. The van der Waals surface area contributed by atoms with Crippen molar-refractivity contribution in [1.82, 2.24) is 9.97 Å². The first-order valence-electron chi connectivity index (χ1n) is 8.77. The second-order valence-electron chi connectivity index (χ2n) is 6.83. The van der Waals surface area contributed by atoms with Crippen molar-refractivity contribution >= 4 is 32.6 Å². The predicted molar refractivity (Wildman–Crippen MR) is 108 cm³/mol. The Labute approximate surface area is 171 Å². The fourth-order valence-corrected chi connectivity index (χ4v) is 3.61. The molecule has 0 saturated carbocycles. The van der Waals surface area contributed by atoms with Gasteiger partial charge in [0.15, 0.2) is 0 Å². The zero-order valence-electron chi connectivity index (χ0n) is 15.1. The number of aryl methyl sites for hydroxylation is 2. The molecule has 0 bridgehead atoms. The number of benzene rings is 4. The van der Waals surface area contributed by atoms with Crippen LogP contribution in [-0.4, -0.2) is 9.97 Å². The molecule has 0 saturated heterocycles. The van der Waals surface area contributed by atoms with Gasteiger partial charge in [-0.3, -0.25) is 4.98 Å². The number of hydrogen-bond acceptors (Lipinski definition) is 2. The van der Waals surface area contributed by atoms with Gasteiger partial charge in [0.25, 0.3) is 0 Å². The Morgan fingerprint density at radius 1 is 0.778 bits per heavy atom. The molecule has 0 spiro atoms. The molecule has 2 nitrogen and oxygen atoms in total. The molecule has 0 fully saturated rings. The van der Waals surface area contributed by atoms with Gasteiger partial charge in [0.05, 0.1) is 11.2 Å². The van der Waals surface area contributed by atoms with Gasteiger partial charge in [-0.05, 0) is 12.3 Å². The Kier molecular flexibility index (Phi) is 4.51. The van der Waals surface area contributed by atoms with Gasteiger partial charge < -0.3 is 4.98 Å². The molecule has 1 heterocycles. The Morgan fingerprint density at radius 2 is 1.56 bits per heavy atom. The minimum Gasteiger partial charge on any atom is -0.300 e. The Bertz CT molecular complexity index is 1290. The summed E-state index contributed by atoms with van der Waals surface area (Å²) in [6, 6.07) is 24.4. The molecule has 1 aromatic heterocycles. The van der Waals surface area contributed by atoms with Crippen molar-refractivity contribution in [3.63, 3.8) is 0 Å². The van der Waals surface area contributed by atoms with E-state index in [-0.39, 0.29) is 20.1 Å². The van der Waals surface area contributed by atoms with Crippen LogP contribution >= 0.6 is 0 Å². The van der Waals surface area contributed by atoms with Gasteiger partial charge in [0.2, 0.25) is 0 Å². The van der Waals surface area contributed by atoms with Crippen LogP contribution in [0.15, 0.2) is 66.9 Å². The molecule has 0 unspecified atom stereocenters. The minimum atomic E-state index is 0. The van der Waals surface area contributed by atoms with Gasteiger partial charge in [-0.25, -0.2) is 0 Å². The third-order valence-electron chi connectivity index (χ3n) is 4.88.